The Kier molecular flexibility index (Phi) is 2.53. The van der Waals surface area contributed by atoms with Gasteiger partial charge in [-0.2, -0.15) is 10.2 Å². The summed E-state index contributed by atoms with van der Waals surface area (Å²) in [6.45, 7) is 0. The molecule has 1 heterocycles. The molecule has 0 spiro atoms. The number of nitrogens with zero attached hydrogens (tertiary/aromatic N) is 2. The first-order chi connectivity index (χ1) is 8.84. The molecule has 4 nitrogen and oxygen atoms in total. The zero-order chi connectivity index (χ0) is 12.4. The van der Waals surface area contributed by atoms with Gasteiger partial charge in [0.1, 0.15) is 5.75 Å². The van der Waals surface area contributed by atoms with Crippen LogP contribution in [0.25, 0.3) is 10.9 Å². The lowest BCUT2D eigenvalue weighted by Crippen LogP contribution is -1.93. The van der Waals surface area contributed by atoms with Crippen molar-refractivity contribution in [3.63, 3.8) is 0 Å². The number of rotatable bonds is 2. The highest BCUT2D eigenvalue weighted by Crippen LogP contribution is 2.30. The van der Waals surface area contributed by atoms with Crippen LogP contribution in [0, 0.1) is 0 Å². The van der Waals surface area contributed by atoms with Crippen LogP contribution in [-0.2, 0) is 0 Å². The fourth-order valence-electron chi connectivity index (χ4n) is 1.76. The van der Waals surface area contributed by atoms with Crippen molar-refractivity contribution < 1.29 is 4.74 Å². The van der Waals surface area contributed by atoms with Crippen LogP contribution in [0.4, 0.5) is 5.69 Å². The summed E-state index contributed by atoms with van der Waals surface area (Å²) in [5, 5.41) is 8.88. The van der Waals surface area contributed by atoms with Gasteiger partial charge in [0.25, 0.3) is 0 Å². The molecule has 0 fully saturated rings. The highest BCUT2D eigenvalue weighted by molar-refractivity contribution is 5.84. The average Bonchev–Trinajstić information content (AvgIpc) is 2.42. The van der Waals surface area contributed by atoms with Gasteiger partial charge in [-0.3, -0.25) is 0 Å². The zero-order valence-corrected chi connectivity index (χ0v) is 9.58. The largest absolute Gasteiger partial charge is 0.453 e. The van der Waals surface area contributed by atoms with Gasteiger partial charge in [-0.15, -0.1) is 0 Å². The minimum atomic E-state index is 0.596. The van der Waals surface area contributed by atoms with Crippen molar-refractivity contribution in [1.29, 1.82) is 0 Å². The molecule has 0 saturated heterocycles. The third-order valence-electron chi connectivity index (χ3n) is 2.65. The molecule has 0 bridgehead atoms. The number of hydrogen-bond acceptors (Lipinski definition) is 4. The highest BCUT2D eigenvalue weighted by atomic mass is 16.5. The van der Waals surface area contributed by atoms with Gasteiger partial charge in [-0.25, -0.2) is 0 Å². The minimum Gasteiger partial charge on any atom is -0.453 e. The molecule has 0 aliphatic heterocycles. The van der Waals surface area contributed by atoms with Crippen LogP contribution < -0.4 is 10.5 Å². The lowest BCUT2D eigenvalue weighted by atomic mass is 10.2. The van der Waals surface area contributed by atoms with Crippen LogP contribution in [0.1, 0.15) is 0 Å². The van der Waals surface area contributed by atoms with Crippen LogP contribution in [0.15, 0.2) is 54.7 Å². The Morgan fingerprint density at radius 3 is 2.56 bits per heavy atom. The predicted molar refractivity (Wildman–Crippen MR) is 70.5 cm³/mol. The van der Waals surface area contributed by atoms with Crippen molar-refractivity contribution >= 4 is 16.6 Å². The molecule has 2 N–H and O–H groups in total. The van der Waals surface area contributed by atoms with Crippen molar-refractivity contribution in [1.82, 2.24) is 10.2 Å². The van der Waals surface area contributed by atoms with Crippen LogP contribution in [0.2, 0.25) is 0 Å². The van der Waals surface area contributed by atoms with Gasteiger partial charge in [0.2, 0.25) is 0 Å². The Bertz CT molecular complexity index is 692. The van der Waals surface area contributed by atoms with Gasteiger partial charge in [0, 0.05) is 5.39 Å². The summed E-state index contributed by atoms with van der Waals surface area (Å²) in [5.74, 6) is 1.27. The van der Waals surface area contributed by atoms with Crippen LogP contribution in [0.3, 0.4) is 0 Å². The lowest BCUT2D eigenvalue weighted by Gasteiger charge is -2.09. The number of benzene rings is 2. The smallest absolute Gasteiger partial charge is 0.157 e. The van der Waals surface area contributed by atoms with Crippen molar-refractivity contribution in [3.05, 3.63) is 54.7 Å². The molecule has 0 unspecified atom stereocenters. The number of fused-ring (bicyclic) bond motifs is 1. The van der Waals surface area contributed by atoms with Gasteiger partial charge >= 0.3 is 0 Å². The lowest BCUT2D eigenvalue weighted by molar-refractivity contribution is 0.487. The van der Waals surface area contributed by atoms with E-state index >= 15 is 0 Å². The molecule has 3 aromatic rings. The maximum absolute atomic E-state index is 5.85. The number of aromatic nitrogens is 2. The molecule has 0 aliphatic carbocycles. The van der Waals surface area contributed by atoms with Gasteiger partial charge < -0.3 is 10.5 Å². The predicted octanol–water partition coefficient (Wildman–Crippen LogP) is 3.00. The maximum atomic E-state index is 5.85. The summed E-state index contributed by atoms with van der Waals surface area (Å²) in [7, 11) is 0. The molecule has 0 atom stereocenters. The van der Waals surface area contributed by atoms with E-state index in [4.69, 9.17) is 10.5 Å². The SMILES string of the molecule is Nc1ccccc1Oc1cnnc2ccccc12. The number of ether oxygens (including phenoxy) is 1. The Morgan fingerprint density at radius 1 is 0.889 bits per heavy atom. The maximum Gasteiger partial charge on any atom is 0.157 e. The van der Waals surface area contributed by atoms with Crippen molar-refractivity contribution in [2.75, 3.05) is 5.73 Å². The monoisotopic (exact) mass is 237 g/mol. The van der Waals surface area contributed by atoms with Crippen LogP contribution in [0.5, 0.6) is 11.5 Å². The third-order valence-corrected chi connectivity index (χ3v) is 2.65. The van der Waals surface area contributed by atoms with E-state index < -0.39 is 0 Å². The van der Waals surface area contributed by atoms with Gasteiger partial charge in [0.15, 0.2) is 5.75 Å². The fraction of sp³-hybridized carbons (Fsp3) is 0. The number of nitrogen functional groups attached to an aromatic ring is 1. The summed E-state index contributed by atoms with van der Waals surface area (Å²) in [6, 6.07) is 15.1. The second kappa shape index (κ2) is 4.33. The molecule has 2 aromatic carbocycles. The Morgan fingerprint density at radius 2 is 1.67 bits per heavy atom. The Labute approximate surface area is 104 Å². The first-order valence-corrected chi connectivity index (χ1v) is 5.57. The molecule has 0 aliphatic rings. The summed E-state index contributed by atoms with van der Waals surface area (Å²) >= 11 is 0. The molecular formula is C14H11N3O. The molecule has 4 heteroatoms. The highest BCUT2D eigenvalue weighted by Gasteiger charge is 2.06. The zero-order valence-electron chi connectivity index (χ0n) is 9.58. The normalized spacial score (nSPS) is 10.4. The van der Waals surface area contributed by atoms with Crippen molar-refractivity contribution in [2.45, 2.75) is 0 Å². The molecule has 0 amide bonds. The van der Waals surface area contributed by atoms with E-state index in [0.717, 1.165) is 10.9 Å². The van der Waals surface area contributed by atoms with E-state index in [-0.39, 0.29) is 0 Å². The molecular weight excluding hydrogens is 226 g/mol. The first kappa shape index (κ1) is 10.5. The van der Waals surface area contributed by atoms with Crippen LogP contribution in [-0.4, -0.2) is 10.2 Å². The molecule has 18 heavy (non-hydrogen) atoms. The third kappa shape index (κ3) is 1.84. The minimum absolute atomic E-state index is 0.596. The molecule has 3 rings (SSSR count). The average molecular weight is 237 g/mol. The topological polar surface area (TPSA) is 61.0 Å². The molecule has 88 valence electrons. The van der Waals surface area contributed by atoms with Crippen molar-refractivity contribution in [3.8, 4) is 11.5 Å². The number of nitrogens with two attached hydrogens (primary N) is 1. The summed E-state index contributed by atoms with van der Waals surface area (Å²) < 4.78 is 5.79. The quantitative estimate of drug-likeness (QED) is 0.696. The van der Waals surface area contributed by atoms with E-state index in [1.165, 1.54) is 0 Å². The summed E-state index contributed by atoms with van der Waals surface area (Å²) in [4.78, 5) is 0. The second-order valence-corrected chi connectivity index (χ2v) is 3.87. The van der Waals surface area contributed by atoms with E-state index in [2.05, 4.69) is 10.2 Å². The van der Waals surface area contributed by atoms with E-state index in [1.54, 1.807) is 12.3 Å². The summed E-state index contributed by atoms with van der Waals surface area (Å²) in [6.07, 6.45) is 1.59. The standard InChI is InChI=1S/C14H11N3O/c15-11-6-2-4-8-13(11)18-14-9-16-17-12-7-3-1-5-10(12)14/h1-9H,15H2. The molecule has 1 aromatic heterocycles. The number of anilines is 1. The van der Waals surface area contributed by atoms with Gasteiger partial charge in [-0.05, 0) is 24.3 Å². The molecule has 0 radical (unpaired) electrons. The Balaban J connectivity index is 2.08. The Hall–Kier alpha value is -2.62. The van der Waals surface area contributed by atoms with Gasteiger partial charge in [-0.1, -0.05) is 24.3 Å². The van der Waals surface area contributed by atoms with Crippen molar-refractivity contribution in [2.24, 2.45) is 0 Å². The summed E-state index contributed by atoms with van der Waals surface area (Å²) in [5.41, 5.74) is 7.24. The van der Waals surface area contributed by atoms with Crippen LogP contribution >= 0.6 is 0 Å². The first-order valence-electron chi connectivity index (χ1n) is 5.57. The van der Waals surface area contributed by atoms with E-state index in [9.17, 15) is 0 Å². The number of hydrogen-bond donors (Lipinski definition) is 1. The van der Waals surface area contributed by atoms with E-state index in [0.29, 0.717) is 17.2 Å². The fourth-order valence-corrected chi connectivity index (χ4v) is 1.76. The second-order valence-electron chi connectivity index (χ2n) is 3.87. The molecule has 0 saturated carbocycles. The van der Waals surface area contributed by atoms with E-state index in [1.807, 2.05) is 42.5 Å². The number of para-hydroxylation sites is 2. The van der Waals surface area contributed by atoms with Gasteiger partial charge in [0.05, 0.1) is 17.4 Å².